The molecule has 2 aromatic heterocycles. The van der Waals surface area contributed by atoms with Crippen molar-refractivity contribution in [1.82, 2.24) is 15.3 Å². The number of amides is 1. The van der Waals surface area contributed by atoms with E-state index >= 15 is 0 Å². The number of alkyl halides is 3. The molecule has 3 heterocycles. The number of carboxylic acids is 1. The fourth-order valence-electron chi connectivity index (χ4n) is 3.54. The van der Waals surface area contributed by atoms with Gasteiger partial charge in [-0.1, -0.05) is 18.2 Å². The summed E-state index contributed by atoms with van der Waals surface area (Å²) in [5.41, 5.74) is 4.35. The maximum absolute atomic E-state index is 11.9. The molecule has 4 rings (SSSR count). The minimum Gasteiger partial charge on any atom is -0.475 e. The van der Waals surface area contributed by atoms with E-state index in [2.05, 4.69) is 21.7 Å². The maximum Gasteiger partial charge on any atom is 0.490 e. The monoisotopic (exact) mass is 492 g/mol. The highest BCUT2D eigenvalue weighted by atomic mass is 32.1. The molecule has 11 heteroatoms. The van der Waals surface area contributed by atoms with Crippen molar-refractivity contribution in [2.45, 2.75) is 32.0 Å². The summed E-state index contributed by atoms with van der Waals surface area (Å²) in [6.45, 7) is 3.25. The van der Waals surface area contributed by atoms with Gasteiger partial charge in [-0.25, -0.2) is 9.78 Å². The highest BCUT2D eigenvalue weighted by molar-refractivity contribution is 7.09. The van der Waals surface area contributed by atoms with E-state index < -0.39 is 12.1 Å². The first kappa shape index (κ1) is 25.3. The number of benzene rings is 1. The molecule has 1 aliphatic rings. The molecule has 0 saturated heterocycles. The molecule has 0 radical (unpaired) electrons. The number of carboxylic acid groups (broad SMARTS) is 1. The van der Waals surface area contributed by atoms with Crippen molar-refractivity contribution in [3.63, 3.8) is 0 Å². The molecule has 1 aromatic carbocycles. The fourth-order valence-corrected chi connectivity index (χ4v) is 4.34. The molecule has 0 saturated carbocycles. The number of hydrogen-bond acceptors (Lipinski definition) is 6. The highest BCUT2D eigenvalue weighted by Crippen LogP contribution is 2.33. The van der Waals surface area contributed by atoms with Crippen molar-refractivity contribution in [2.24, 2.45) is 0 Å². The molecular weight excluding hydrogens is 469 g/mol. The van der Waals surface area contributed by atoms with E-state index in [0.29, 0.717) is 0 Å². The first-order valence-corrected chi connectivity index (χ1v) is 11.3. The SMILES string of the molecule is CC(=O)N1CCC(NCCc2nc(-c3ccncc3)cs2)c2ccccc21.O=C(O)C(F)(F)F. The summed E-state index contributed by atoms with van der Waals surface area (Å²) in [5.74, 6) is -2.65. The van der Waals surface area contributed by atoms with Gasteiger partial charge in [0.1, 0.15) is 0 Å². The van der Waals surface area contributed by atoms with E-state index in [1.165, 1.54) is 5.56 Å². The van der Waals surface area contributed by atoms with E-state index in [0.717, 1.165) is 47.9 Å². The van der Waals surface area contributed by atoms with E-state index in [-0.39, 0.29) is 11.9 Å². The Bertz CT molecular complexity index is 1120. The first-order chi connectivity index (χ1) is 16.2. The number of nitrogens with one attached hydrogen (secondary N) is 1. The summed E-state index contributed by atoms with van der Waals surface area (Å²) in [7, 11) is 0. The maximum atomic E-state index is 11.9. The number of para-hydroxylation sites is 1. The zero-order valence-electron chi connectivity index (χ0n) is 18.2. The average molecular weight is 493 g/mol. The molecule has 2 N–H and O–H groups in total. The lowest BCUT2D eigenvalue weighted by Gasteiger charge is -2.34. The molecular formula is C23H23F3N4O3S. The van der Waals surface area contributed by atoms with Crippen molar-refractivity contribution in [2.75, 3.05) is 18.0 Å². The number of pyridine rings is 1. The average Bonchev–Trinajstić information content (AvgIpc) is 3.28. The quantitative estimate of drug-likeness (QED) is 0.546. The van der Waals surface area contributed by atoms with Crippen molar-refractivity contribution in [3.05, 3.63) is 64.7 Å². The number of halogens is 3. The van der Waals surface area contributed by atoms with Crippen LogP contribution >= 0.6 is 11.3 Å². The number of anilines is 1. The van der Waals surface area contributed by atoms with Gasteiger partial charge >= 0.3 is 12.1 Å². The number of aromatic nitrogens is 2. The highest BCUT2D eigenvalue weighted by Gasteiger charge is 2.38. The smallest absolute Gasteiger partial charge is 0.475 e. The van der Waals surface area contributed by atoms with Gasteiger partial charge in [0.15, 0.2) is 0 Å². The molecule has 1 unspecified atom stereocenters. The lowest BCUT2D eigenvalue weighted by Crippen LogP contribution is -2.38. The standard InChI is InChI=1S/C21H22N4OS.C2HF3O2/c1-15(26)25-13-9-18(17-4-2-3-5-20(17)25)23-12-8-21-24-19(14-27-21)16-6-10-22-11-7-16;3-2(4,5)1(6)7/h2-7,10-11,14,18,23H,8-9,12-13H2,1H3;(H,6,7). The zero-order valence-corrected chi connectivity index (χ0v) is 19.1. The number of fused-ring (bicyclic) bond motifs is 1. The van der Waals surface area contributed by atoms with Crippen molar-refractivity contribution >= 4 is 28.9 Å². The van der Waals surface area contributed by atoms with E-state index in [1.54, 1.807) is 30.7 Å². The lowest BCUT2D eigenvalue weighted by molar-refractivity contribution is -0.192. The van der Waals surface area contributed by atoms with Gasteiger partial charge < -0.3 is 15.3 Å². The second-order valence-electron chi connectivity index (χ2n) is 7.44. The molecule has 34 heavy (non-hydrogen) atoms. The Labute approximate surface area is 198 Å². The largest absolute Gasteiger partial charge is 0.490 e. The minimum atomic E-state index is -5.08. The third kappa shape index (κ3) is 6.61. The molecule has 1 aliphatic heterocycles. The van der Waals surface area contributed by atoms with Crippen LogP contribution in [-0.2, 0) is 16.0 Å². The lowest BCUT2D eigenvalue weighted by atomic mass is 9.96. The number of carbonyl (C=O) groups is 2. The summed E-state index contributed by atoms with van der Waals surface area (Å²) in [6, 6.07) is 12.4. The summed E-state index contributed by atoms with van der Waals surface area (Å²) >= 11 is 1.70. The number of hydrogen-bond donors (Lipinski definition) is 2. The summed E-state index contributed by atoms with van der Waals surface area (Å²) in [4.78, 5) is 31.4. The van der Waals surface area contributed by atoms with Crippen LogP contribution in [0.2, 0.25) is 0 Å². The molecule has 0 aliphatic carbocycles. The number of thiazole rings is 1. The Morgan fingerprint density at radius 3 is 2.53 bits per heavy atom. The van der Waals surface area contributed by atoms with Gasteiger partial charge in [0.05, 0.1) is 10.7 Å². The van der Waals surface area contributed by atoms with Crippen LogP contribution < -0.4 is 10.2 Å². The van der Waals surface area contributed by atoms with Gasteiger partial charge in [0.2, 0.25) is 5.91 Å². The van der Waals surface area contributed by atoms with Crippen LogP contribution in [0.5, 0.6) is 0 Å². The topological polar surface area (TPSA) is 95.4 Å². The van der Waals surface area contributed by atoms with E-state index in [1.807, 2.05) is 35.2 Å². The van der Waals surface area contributed by atoms with Gasteiger partial charge in [-0.15, -0.1) is 11.3 Å². The molecule has 0 fully saturated rings. The Morgan fingerprint density at radius 1 is 1.21 bits per heavy atom. The summed E-state index contributed by atoms with van der Waals surface area (Å²) in [5, 5.41) is 14.0. The summed E-state index contributed by atoms with van der Waals surface area (Å²) < 4.78 is 31.7. The van der Waals surface area contributed by atoms with Gasteiger partial charge in [-0.2, -0.15) is 13.2 Å². The third-order valence-corrected chi connectivity index (χ3v) is 6.03. The predicted octanol–water partition coefficient (Wildman–Crippen LogP) is 4.47. The van der Waals surface area contributed by atoms with Crippen LogP contribution in [0.25, 0.3) is 11.3 Å². The molecule has 0 bridgehead atoms. The first-order valence-electron chi connectivity index (χ1n) is 10.4. The number of nitrogens with zero attached hydrogens (tertiary/aromatic N) is 3. The van der Waals surface area contributed by atoms with Crippen molar-refractivity contribution in [3.8, 4) is 11.3 Å². The number of carbonyl (C=O) groups excluding carboxylic acids is 1. The van der Waals surface area contributed by atoms with Gasteiger partial charge in [0, 0.05) is 61.5 Å². The second kappa shape index (κ2) is 11.2. The molecule has 1 atom stereocenters. The van der Waals surface area contributed by atoms with Crippen LogP contribution in [0.4, 0.5) is 18.9 Å². The minimum absolute atomic E-state index is 0.104. The molecule has 7 nitrogen and oxygen atoms in total. The third-order valence-electron chi connectivity index (χ3n) is 5.12. The van der Waals surface area contributed by atoms with Crippen LogP contribution in [0.15, 0.2) is 54.2 Å². The predicted molar refractivity (Wildman–Crippen MR) is 123 cm³/mol. The van der Waals surface area contributed by atoms with E-state index in [9.17, 15) is 18.0 Å². The van der Waals surface area contributed by atoms with E-state index in [4.69, 9.17) is 14.9 Å². The van der Waals surface area contributed by atoms with Gasteiger partial charge in [0.25, 0.3) is 0 Å². The molecule has 0 spiro atoms. The Morgan fingerprint density at radius 2 is 1.88 bits per heavy atom. The Balaban J connectivity index is 0.000000406. The number of rotatable bonds is 5. The van der Waals surface area contributed by atoms with Gasteiger partial charge in [-0.05, 0) is 30.2 Å². The Kier molecular flexibility index (Phi) is 8.35. The zero-order chi connectivity index (χ0) is 24.7. The van der Waals surface area contributed by atoms with Crippen molar-refractivity contribution in [1.29, 1.82) is 0 Å². The Hall–Kier alpha value is -3.31. The molecule has 3 aromatic rings. The normalized spacial score (nSPS) is 15.2. The van der Waals surface area contributed by atoms with Crippen LogP contribution in [0, 0.1) is 0 Å². The van der Waals surface area contributed by atoms with Crippen LogP contribution in [-0.4, -0.2) is 46.2 Å². The van der Waals surface area contributed by atoms with Crippen molar-refractivity contribution < 1.29 is 27.9 Å². The molecule has 1 amide bonds. The second-order valence-corrected chi connectivity index (χ2v) is 8.38. The van der Waals surface area contributed by atoms with Gasteiger partial charge in [-0.3, -0.25) is 9.78 Å². The fraction of sp³-hybridized carbons (Fsp3) is 0.304. The molecule has 180 valence electrons. The number of aliphatic carboxylic acids is 1. The van der Waals surface area contributed by atoms with Crippen LogP contribution in [0.3, 0.4) is 0 Å². The van der Waals surface area contributed by atoms with Crippen LogP contribution in [0.1, 0.15) is 30.0 Å². The summed E-state index contributed by atoms with van der Waals surface area (Å²) in [6.07, 6.45) is 0.323.